The van der Waals surface area contributed by atoms with Crippen LogP contribution in [0.25, 0.3) is 0 Å². The molecule has 0 aliphatic rings. The molecule has 96 valence electrons. The van der Waals surface area contributed by atoms with Crippen LogP contribution in [0.15, 0.2) is 34.1 Å². The van der Waals surface area contributed by atoms with Gasteiger partial charge in [-0.2, -0.15) is 0 Å². The molecule has 1 nitrogen and oxygen atoms in total. The fraction of sp³-hybridized carbons (Fsp3) is 0.250. The van der Waals surface area contributed by atoms with Crippen LogP contribution in [0, 0.1) is 0 Å². The van der Waals surface area contributed by atoms with Crippen LogP contribution in [0.3, 0.4) is 0 Å². The molecule has 0 unspecified atom stereocenters. The van der Waals surface area contributed by atoms with Crippen molar-refractivity contribution in [1.82, 2.24) is 0 Å². The summed E-state index contributed by atoms with van der Waals surface area (Å²) in [5, 5.41) is 0. The van der Waals surface area contributed by atoms with E-state index >= 15 is 0 Å². The minimum absolute atomic E-state index is 0.221. The summed E-state index contributed by atoms with van der Waals surface area (Å²) in [6, 6.07) is 5.95. The Morgan fingerprint density at radius 2 is 1.41 bits per heavy atom. The topological polar surface area (TPSA) is 9.23 Å². The van der Waals surface area contributed by atoms with E-state index in [9.17, 15) is 13.2 Å². The molecule has 1 aromatic carbocycles. The van der Waals surface area contributed by atoms with Gasteiger partial charge in [0.25, 0.3) is 0 Å². The molecule has 0 spiro atoms. The van der Waals surface area contributed by atoms with Crippen molar-refractivity contribution >= 4 is 58.6 Å². The van der Waals surface area contributed by atoms with E-state index in [2.05, 4.69) is 4.18 Å². The molecular weight excluding hydrogens is 340 g/mol. The Labute approximate surface area is 119 Å². The molecule has 0 heterocycles. The maximum absolute atomic E-state index is 11.7. The summed E-state index contributed by atoms with van der Waals surface area (Å²) in [5.74, 6) is 0. The van der Waals surface area contributed by atoms with Gasteiger partial charge in [0.15, 0.2) is 0 Å². The fourth-order valence-electron chi connectivity index (χ4n) is 0.792. The monoisotopic (exact) mass is 342 g/mol. The van der Waals surface area contributed by atoms with Crippen LogP contribution in [-0.4, -0.2) is 9.49 Å². The van der Waals surface area contributed by atoms with E-state index in [0.29, 0.717) is 9.79 Å². The molecule has 0 fully saturated rings. The maximum Gasteiger partial charge on any atom is 0.533 e. The number of rotatable bonds is 3. The average Bonchev–Trinajstić information content (AvgIpc) is 2.13. The molecule has 0 radical (unpaired) electrons. The molecule has 0 atom stereocenters. The minimum atomic E-state index is -4.67. The molecule has 0 amide bonds. The summed E-state index contributed by atoms with van der Waals surface area (Å²) in [4.78, 5) is 0.928. The van der Waals surface area contributed by atoms with Crippen molar-refractivity contribution in [2.75, 3.05) is 0 Å². The van der Waals surface area contributed by atoms with Gasteiger partial charge in [-0.25, -0.2) is 4.18 Å². The van der Waals surface area contributed by atoms with Crippen LogP contribution < -0.4 is 0 Å². The quantitative estimate of drug-likeness (QED) is 0.399. The van der Waals surface area contributed by atoms with Crippen LogP contribution in [0.5, 0.6) is 0 Å². The first-order valence-corrected chi connectivity index (χ1v) is 6.63. The van der Waals surface area contributed by atoms with Gasteiger partial charge in [0.05, 0.1) is 0 Å². The van der Waals surface area contributed by atoms with Gasteiger partial charge in [0.2, 0.25) is 3.12 Å². The molecule has 0 saturated carbocycles. The lowest BCUT2D eigenvalue weighted by atomic mass is 10.4. The Hall–Kier alpha value is 0.540. The summed E-state index contributed by atoms with van der Waals surface area (Å²) in [7, 11) is 0. The van der Waals surface area contributed by atoms with E-state index in [0.717, 1.165) is 11.8 Å². The molecule has 0 aliphatic heterocycles. The maximum atomic E-state index is 11.7. The molecule has 1 aromatic rings. The molecule has 1 rings (SSSR count). The van der Waals surface area contributed by atoms with Crippen molar-refractivity contribution < 1.29 is 17.4 Å². The molecule has 0 aliphatic carbocycles. The highest BCUT2D eigenvalue weighted by Crippen LogP contribution is 2.43. The zero-order valence-corrected chi connectivity index (χ0v) is 11.7. The van der Waals surface area contributed by atoms with Gasteiger partial charge in [-0.3, -0.25) is 0 Å². The number of alkyl halides is 6. The third-order valence-corrected chi connectivity index (χ3v) is 3.46. The van der Waals surface area contributed by atoms with Gasteiger partial charge in [-0.05, 0) is 24.3 Å². The van der Waals surface area contributed by atoms with Crippen LogP contribution in [0.4, 0.5) is 13.2 Å². The van der Waals surface area contributed by atoms with Gasteiger partial charge in [-0.1, -0.05) is 46.6 Å². The van der Waals surface area contributed by atoms with E-state index in [1.807, 2.05) is 0 Å². The zero-order valence-electron chi connectivity index (χ0n) is 7.80. The fourth-order valence-corrected chi connectivity index (χ4v) is 2.57. The predicted molar refractivity (Wildman–Crippen MR) is 65.6 cm³/mol. The van der Waals surface area contributed by atoms with Crippen molar-refractivity contribution in [2.24, 2.45) is 0 Å². The Morgan fingerprint density at radius 1 is 0.941 bits per heavy atom. The average molecular weight is 344 g/mol. The van der Waals surface area contributed by atoms with E-state index < -0.39 is 9.49 Å². The number of benzene rings is 1. The second-order valence-corrected chi connectivity index (χ2v) is 7.68. The first-order chi connectivity index (χ1) is 7.66. The van der Waals surface area contributed by atoms with Crippen LogP contribution >= 0.6 is 58.6 Å². The van der Waals surface area contributed by atoms with Gasteiger partial charge in [0.1, 0.15) is 0 Å². The summed E-state index contributed by atoms with van der Waals surface area (Å²) in [6.45, 7) is 0. The third kappa shape index (κ3) is 7.54. The summed E-state index contributed by atoms with van der Waals surface area (Å²) in [5.41, 5.74) is 0. The van der Waals surface area contributed by atoms with Gasteiger partial charge in [-0.15, -0.1) is 13.2 Å². The van der Waals surface area contributed by atoms with E-state index in [1.54, 1.807) is 0 Å². The first-order valence-electron chi connectivity index (χ1n) is 3.94. The lowest BCUT2D eigenvalue weighted by Crippen LogP contribution is -2.07. The minimum Gasteiger partial charge on any atom is -0.215 e. The second kappa shape index (κ2) is 6.12. The van der Waals surface area contributed by atoms with Crippen LogP contribution in [0.2, 0.25) is 0 Å². The Kier molecular flexibility index (Phi) is 5.62. The van der Waals surface area contributed by atoms with Gasteiger partial charge in [0, 0.05) is 21.8 Å². The van der Waals surface area contributed by atoms with E-state index in [-0.39, 0.29) is 12.0 Å². The van der Waals surface area contributed by atoms with Crippen molar-refractivity contribution in [1.29, 1.82) is 0 Å². The van der Waals surface area contributed by atoms with Crippen molar-refractivity contribution in [2.45, 2.75) is 19.3 Å². The highest BCUT2D eigenvalue weighted by Gasteiger charge is 2.30. The Balaban J connectivity index is 2.56. The highest BCUT2D eigenvalue weighted by molar-refractivity contribution is 8.04. The molecule has 0 saturated heterocycles. The van der Waals surface area contributed by atoms with Crippen molar-refractivity contribution in [3.05, 3.63) is 24.3 Å². The van der Waals surface area contributed by atoms with E-state index in [1.165, 1.54) is 24.3 Å². The number of halogens is 6. The molecule has 0 aromatic heterocycles. The molecule has 17 heavy (non-hydrogen) atoms. The molecular formula is C8H4Cl3F3OS2. The number of thioether (sulfide) groups is 1. The van der Waals surface area contributed by atoms with Crippen LogP contribution in [0.1, 0.15) is 0 Å². The standard InChI is InChI=1S/C8H4Cl3F3OS2/c9-7(10,11)16-5-1-3-6(4-2-5)17-15-8(12,13)14/h1-4H. The van der Waals surface area contributed by atoms with Gasteiger partial charge < -0.3 is 0 Å². The number of hydrogen-bond acceptors (Lipinski definition) is 3. The normalized spacial score (nSPS) is 12.8. The smallest absolute Gasteiger partial charge is 0.215 e. The number of hydrogen-bond donors (Lipinski definition) is 0. The van der Waals surface area contributed by atoms with Gasteiger partial charge >= 0.3 is 6.36 Å². The lowest BCUT2D eigenvalue weighted by molar-refractivity contribution is -0.266. The van der Waals surface area contributed by atoms with Crippen molar-refractivity contribution in [3.8, 4) is 0 Å². The Morgan fingerprint density at radius 3 is 1.82 bits per heavy atom. The van der Waals surface area contributed by atoms with Crippen LogP contribution in [-0.2, 0) is 4.18 Å². The molecule has 0 bridgehead atoms. The third-order valence-electron chi connectivity index (χ3n) is 1.29. The Bertz CT molecular complexity index is 364. The molecule has 0 N–H and O–H groups in total. The summed E-state index contributed by atoms with van der Waals surface area (Å²) in [6.07, 6.45) is -4.67. The SMILES string of the molecule is FC(F)(F)OSc1ccc(SC(Cl)(Cl)Cl)cc1. The van der Waals surface area contributed by atoms with Crippen molar-refractivity contribution in [3.63, 3.8) is 0 Å². The zero-order chi connectivity index (χ0) is 13.1. The molecule has 9 heteroatoms. The summed E-state index contributed by atoms with van der Waals surface area (Å²) < 4.78 is 37.3. The largest absolute Gasteiger partial charge is 0.533 e. The van der Waals surface area contributed by atoms with E-state index in [4.69, 9.17) is 34.8 Å². The highest BCUT2D eigenvalue weighted by atomic mass is 35.6. The predicted octanol–water partition coefficient (Wildman–Crippen LogP) is 5.65. The lowest BCUT2D eigenvalue weighted by Gasteiger charge is -2.10. The first kappa shape index (κ1) is 15.6. The second-order valence-electron chi connectivity index (χ2n) is 2.63. The summed E-state index contributed by atoms with van der Waals surface area (Å²) >= 11 is 17.8.